The predicted molar refractivity (Wildman–Crippen MR) is 180 cm³/mol. The summed E-state index contributed by atoms with van der Waals surface area (Å²) in [5, 5.41) is 0.965. The van der Waals surface area contributed by atoms with Gasteiger partial charge >= 0.3 is 11.9 Å². The van der Waals surface area contributed by atoms with Crippen LogP contribution in [0, 0.1) is 13.8 Å². The van der Waals surface area contributed by atoms with E-state index in [4.69, 9.17) is 44.1 Å². The van der Waals surface area contributed by atoms with Crippen molar-refractivity contribution in [2.24, 2.45) is 11.5 Å². The Kier molecular flexibility index (Phi) is 12.6. The van der Waals surface area contributed by atoms with Gasteiger partial charge < -0.3 is 9.47 Å². The zero-order valence-electron chi connectivity index (χ0n) is 24.3. The average Bonchev–Trinajstić information content (AvgIpc) is 2.99. The zero-order valence-corrected chi connectivity index (χ0v) is 27.5. The number of hydrogen-bond acceptors (Lipinski definition) is 8. The largest absolute Gasteiger partial charge is 0.438 e. The molecule has 0 bridgehead atoms. The molecule has 0 heterocycles. The average molecular weight is 670 g/mol. The Morgan fingerprint density at radius 3 is 1.30 bits per heavy atom. The standard InChI is InChI=1S/C34H34Cl2N2O4S2/c1-21-7-3-5-9-27(21)29(43-25-15-11-23(35)12-16-25)19-31(37)41-33(39)34(40)42-32(38)20-30(28-10-6-4-8-22(28)2)44-26-17-13-24(36)14-18-26/h3-18,29-32H,19-20,37-38H2,1-2H3. The molecule has 4 atom stereocenters. The number of carbonyl (C=O) groups is 2. The van der Waals surface area contributed by atoms with Crippen molar-refractivity contribution < 1.29 is 19.1 Å². The van der Waals surface area contributed by atoms with Gasteiger partial charge in [0.15, 0.2) is 12.5 Å². The lowest BCUT2D eigenvalue weighted by atomic mass is 10.0. The minimum absolute atomic E-state index is 0.154. The van der Waals surface area contributed by atoms with Gasteiger partial charge in [-0.25, -0.2) is 9.59 Å². The van der Waals surface area contributed by atoms with E-state index in [1.807, 2.05) is 111 Å². The molecule has 0 aliphatic heterocycles. The highest BCUT2D eigenvalue weighted by molar-refractivity contribution is 7.99. The Bertz CT molecular complexity index is 1440. The minimum atomic E-state index is -1.19. The molecule has 10 heteroatoms. The highest BCUT2D eigenvalue weighted by atomic mass is 35.5. The molecule has 4 N–H and O–H groups in total. The van der Waals surface area contributed by atoms with Crippen LogP contribution in [0.2, 0.25) is 10.0 Å². The summed E-state index contributed by atoms with van der Waals surface area (Å²) in [6.07, 6.45) is -1.60. The maximum absolute atomic E-state index is 12.7. The third kappa shape index (κ3) is 10.0. The van der Waals surface area contributed by atoms with Crippen molar-refractivity contribution in [3.8, 4) is 0 Å². The van der Waals surface area contributed by atoms with Crippen LogP contribution in [-0.2, 0) is 19.1 Å². The second kappa shape index (κ2) is 16.4. The van der Waals surface area contributed by atoms with Gasteiger partial charge in [-0.15, -0.1) is 23.5 Å². The van der Waals surface area contributed by atoms with Crippen LogP contribution in [0.25, 0.3) is 0 Å². The second-order valence-corrected chi connectivity index (χ2v) is 13.6. The van der Waals surface area contributed by atoms with Crippen LogP contribution in [0.4, 0.5) is 0 Å². The van der Waals surface area contributed by atoms with Gasteiger partial charge in [-0.05, 0) is 84.6 Å². The van der Waals surface area contributed by atoms with Crippen molar-refractivity contribution in [2.75, 3.05) is 0 Å². The van der Waals surface area contributed by atoms with Crippen LogP contribution in [-0.4, -0.2) is 24.4 Å². The first-order valence-electron chi connectivity index (χ1n) is 14.0. The quantitative estimate of drug-likeness (QED) is 0.0671. The molecule has 44 heavy (non-hydrogen) atoms. The minimum Gasteiger partial charge on any atom is -0.438 e. The molecule has 0 aromatic heterocycles. The molecule has 4 rings (SSSR count). The van der Waals surface area contributed by atoms with E-state index in [-0.39, 0.29) is 23.3 Å². The van der Waals surface area contributed by atoms with E-state index in [2.05, 4.69) is 0 Å². The van der Waals surface area contributed by atoms with Crippen molar-refractivity contribution in [1.82, 2.24) is 0 Å². The fraction of sp³-hybridized carbons (Fsp3) is 0.235. The van der Waals surface area contributed by atoms with E-state index >= 15 is 0 Å². The molecule has 0 aliphatic carbocycles. The third-order valence-electron chi connectivity index (χ3n) is 6.83. The number of esters is 2. The molecule has 0 radical (unpaired) electrons. The van der Waals surface area contributed by atoms with Crippen molar-refractivity contribution in [3.05, 3.63) is 129 Å². The lowest BCUT2D eigenvalue weighted by Gasteiger charge is -2.24. The summed E-state index contributed by atoms with van der Waals surface area (Å²) in [6, 6.07) is 30.8. The van der Waals surface area contributed by atoms with E-state index in [1.165, 1.54) is 0 Å². The molecule has 0 aliphatic rings. The van der Waals surface area contributed by atoms with Gasteiger partial charge in [-0.1, -0.05) is 71.7 Å². The van der Waals surface area contributed by atoms with E-state index < -0.39 is 24.4 Å². The molecule has 4 aromatic rings. The van der Waals surface area contributed by atoms with E-state index in [0.29, 0.717) is 10.0 Å². The number of nitrogens with two attached hydrogens (primary N) is 2. The fourth-order valence-electron chi connectivity index (χ4n) is 4.62. The number of benzene rings is 4. The molecule has 0 spiro atoms. The Hall–Kier alpha value is -2.98. The SMILES string of the molecule is Cc1ccccc1C(CC(N)OC(=O)C(=O)OC(N)CC(Sc1ccc(Cl)cc1)c1ccccc1C)Sc1ccc(Cl)cc1. The van der Waals surface area contributed by atoms with E-state index in [1.54, 1.807) is 23.5 Å². The number of hydrogen-bond donors (Lipinski definition) is 2. The van der Waals surface area contributed by atoms with Gasteiger partial charge in [0, 0.05) is 43.2 Å². The molecule has 4 aromatic carbocycles. The smallest absolute Gasteiger partial charge is 0.419 e. The van der Waals surface area contributed by atoms with Gasteiger partial charge in [0.2, 0.25) is 0 Å². The molecular weight excluding hydrogens is 635 g/mol. The summed E-state index contributed by atoms with van der Waals surface area (Å²) in [4.78, 5) is 27.4. The number of aryl methyl sites for hydroxylation is 2. The second-order valence-electron chi connectivity index (χ2n) is 10.2. The van der Waals surface area contributed by atoms with Crippen molar-refractivity contribution in [1.29, 1.82) is 0 Å². The molecule has 6 nitrogen and oxygen atoms in total. The Labute approximate surface area is 276 Å². The highest BCUT2D eigenvalue weighted by Crippen LogP contribution is 2.41. The monoisotopic (exact) mass is 668 g/mol. The van der Waals surface area contributed by atoms with E-state index in [9.17, 15) is 9.59 Å². The Morgan fingerprint density at radius 2 is 0.955 bits per heavy atom. The first kappa shape index (κ1) is 33.9. The number of rotatable bonds is 12. The summed E-state index contributed by atoms with van der Waals surface area (Å²) in [5.74, 6) is -2.38. The number of carbonyl (C=O) groups excluding carboxylic acids is 2. The maximum atomic E-state index is 12.7. The summed E-state index contributed by atoms with van der Waals surface area (Å²) in [5.41, 5.74) is 16.7. The Balaban J connectivity index is 1.39. The van der Waals surface area contributed by atoms with Gasteiger partial charge in [-0.2, -0.15) is 0 Å². The molecule has 230 valence electrons. The number of thioether (sulfide) groups is 2. The molecule has 0 saturated heterocycles. The summed E-state index contributed by atoms with van der Waals surface area (Å²) in [7, 11) is 0. The lowest BCUT2D eigenvalue weighted by molar-refractivity contribution is -0.174. The highest BCUT2D eigenvalue weighted by Gasteiger charge is 2.28. The summed E-state index contributed by atoms with van der Waals surface area (Å²) >= 11 is 15.3. The van der Waals surface area contributed by atoms with Crippen LogP contribution < -0.4 is 11.5 Å². The number of halogens is 2. The maximum Gasteiger partial charge on any atom is 0.419 e. The fourth-order valence-corrected chi connectivity index (χ4v) is 7.47. The van der Waals surface area contributed by atoms with Crippen molar-refractivity contribution in [3.63, 3.8) is 0 Å². The van der Waals surface area contributed by atoms with Gasteiger partial charge in [0.1, 0.15) is 0 Å². The van der Waals surface area contributed by atoms with Crippen molar-refractivity contribution in [2.45, 2.75) is 59.4 Å². The predicted octanol–water partition coefficient (Wildman–Crippen LogP) is 8.41. The summed E-state index contributed by atoms with van der Waals surface area (Å²) in [6.45, 7) is 4.02. The van der Waals surface area contributed by atoms with Crippen LogP contribution in [0.15, 0.2) is 107 Å². The van der Waals surface area contributed by atoms with Gasteiger partial charge in [0.05, 0.1) is 0 Å². The van der Waals surface area contributed by atoms with E-state index in [0.717, 1.165) is 32.0 Å². The van der Waals surface area contributed by atoms with Crippen molar-refractivity contribution >= 4 is 58.7 Å². The molecule has 0 amide bonds. The summed E-state index contributed by atoms with van der Waals surface area (Å²) < 4.78 is 10.7. The van der Waals surface area contributed by atoms with Gasteiger partial charge in [-0.3, -0.25) is 11.5 Å². The number of ether oxygens (including phenoxy) is 2. The molecule has 0 saturated carbocycles. The lowest BCUT2D eigenvalue weighted by Crippen LogP contribution is -2.36. The van der Waals surface area contributed by atoms with Crippen LogP contribution in [0.5, 0.6) is 0 Å². The van der Waals surface area contributed by atoms with Gasteiger partial charge in [0.25, 0.3) is 0 Å². The normalized spacial score (nSPS) is 13.9. The molecule has 0 fully saturated rings. The third-order valence-corrected chi connectivity index (χ3v) is 9.89. The first-order chi connectivity index (χ1) is 21.1. The van der Waals surface area contributed by atoms with Crippen LogP contribution >= 0.6 is 46.7 Å². The molecule has 4 unspecified atom stereocenters. The topological polar surface area (TPSA) is 105 Å². The van der Waals surface area contributed by atoms with Crippen LogP contribution in [0.1, 0.15) is 45.6 Å². The van der Waals surface area contributed by atoms with Crippen LogP contribution in [0.3, 0.4) is 0 Å². The molecular formula is C34H34Cl2N2O4S2. The zero-order chi connectivity index (χ0) is 31.6. The first-order valence-corrected chi connectivity index (χ1v) is 16.5. The Morgan fingerprint density at radius 1 is 0.614 bits per heavy atom.